The zero-order valence-electron chi connectivity index (χ0n) is 13.0. The average molecular weight is 313 g/mol. The van der Waals surface area contributed by atoms with Gasteiger partial charge in [0.05, 0.1) is 0 Å². The monoisotopic (exact) mass is 313 g/mol. The van der Waals surface area contributed by atoms with Gasteiger partial charge in [-0.25, -0.2) is 9.67 Å². The van der Waals surface area contributed by atoms with E-state index in [-0.39, 0.29) is 17.9 Å². The molecule has 2 amide bonds. The number of nitrogens with one attached hydrogen (secondary N) is 1. The third kappa shape index (κ3) is 3.39. The summed E-state index contributed by atoms with van der Waals surface area (Å²) in [6.45, 7) is 2.56. The normalized spacial score (nSPS) is 17.3. The molecule has 3 heterocycles. The maximum Gasteiger partial charge on any atom is 0.243 e. The van der Waals surface area contributed by atoms with Gasteiger partial charge in [-0.3, -0.25) is 9.59 Å². The third-order valence-corrected chi connectivity index (χ3v) is 3.98. The van der Waals surface area contributed by atoms with Gasteiger partial charge in [-0.15, -0.1) is 0 Å². The van der Waals surface area contributed by atoms with Crippen LogP contribution in [0.2, 0.25) is 0 Å². The van der Waals surface area contributed by atoms with Gasteiger partial charge in [0.15, 0.2) is 5.82 Å². The first-order valence-electron chi connectivity index (χ1n) is 7.65. The van der Waals surface area contributed by atoms with Crippen LogP contribution in [-0.4, -0.2) is 44.1 Å². The van der Waals surface area contributed by atoms with Gasteiger partial charge in [0, 0.05) is 38.6 Å². The van der Waals surface area contributed by atoms with Crippen LogP contribution in [0.15, 0.2) is 36.8 Å². The SMILES string of the molecule is CC(=O)N1CCC[C@H]1C(=O)NCc1ccnc(-n2cccn2)c1. The molecule has 2 aromatic heterocycles. The van der Waals surface area contributed by atoms with Gasteiger partial charge in [0.25, 0.3) is 0 Å². The van der Waals surface area contributed by atoms with Crippen molar-refractivity contribution >= 4 is 11.8 Å². The Balaban J connectivity index is 1.63. The molecule has 1 saturated heterocycles. The van der Waals surface area contributed by atoms with Crippen LogP contribution >= 0.6 is 0 Å². The summed E-state index contributed by atoms with van der Waals surface area (Å²) in [5.74, 6) is 0.552. The molecule has 2 aromatic rings. The minimum Gasteiger partial charge on any atom is -0.350 e. The second-order valence-electron chi connectivity index (χ2n) is 5.56. The molecule has 1 N–H and O–H groups in total. The Morgan fingerprint density at radius 3 is 3.00 bits per heavy atom. The molecular formula is C16H19N5O2. The van der Waals surface area contributed by atoms with Crippen molar-refractivity contribution in [1.29, 1.82) is 0 Å². The number of rotatable bonds is 4. The molecule has 120 valence electrons. The molecule has 0 radical (unpaired) electrons. The molecule has 0 aliphatic carbocycles. The predicted octanol–water partition coefficient (Wildman–Crippen LogP) is 0.894. The second kappa shape index (κ2) is 6.60. The highest BCUT2D eigenvalue weighted by atomic mass is 16.2. The summed E-state index contributed by atoms with van der Waals surface area (Å²) in [6.07, 6.45) is 6.78. The lowest BCUT2D eigenvalue weighted by Crippen LogP contribution is -2.44. The number of carbonyl (C=O) groups excluding carboxylic acids is 2. The first kappa shape index (κ1) is 15.2. The van der Waals surface area contributed by atoms with Gasteiger partial charge in [-0.2, -0.15) is 5.10 Å². The van der Waals surface area contributed by atoms with Gasteiger partial charge in [0.1, 0.15) is 6.04 Å². The Bertz CT molecular complexity index is 698. The molecule has 0 saturated carbocycles. The van der Waals surface area contributed by atoms with Gasteiger partial charge >= 0.3 is 0 Å². The molecule has 0 bridgehead atoms. The summed E-state index contributed by atoms with van der Waals surface area (Å²) in [5, 5.41) is 7.05. The standard InChI is InChI=1S/C16H19N5O2/c1-12(22)20-8-2-4-14(20)16(23)18-11-13-5-7-17-15(10-13)21-9-3-6-19-21/h3,5-7,9-10,14H,2,4,8,11H2,1H3,(H,18,23)/t14-/m0/s1. The van der Waals surface area contributed by atoms with Crippen molar-refractivity contribution in [2.75, 3.05) is 6.54 Å². The number of carbonyl (C=O) groups is 2. The number of nitrogens with zero attached hydrogens (tertiary/aromatic N) is 4. The predicted molar refractivity (Wildman–Crippen MR) is 83.6 cm³/mol. The number of hydrogen-bond donors (Lipinski definition) is 1. The van der Waals surface area contributed by atoms with Crippen LogP contribution in [0, 0.1) is 0 Å². The zero-order valence-corrected chi connectivity index (χ0v) is 13.0. The van der Waals surface area contributed by atoms with Crippen LogP contribution in [0.1, 0.15) is 25.3 Å². The number of aromatic nitrogens is 3. The summed E-state index contributed by atoms with van der Waals surface area (Å²) < 4.78 is 1.67. The van der Waals surface area contributed by atoms with Crippen LogP contribution in [0.5, 0.6) is 0 Å². The van der Waals surface area contributed by atoms with E-state index in [4.69, 9.17) is 0 Å². The molecule has 7 nitrogen and oxygen atoms in total. The van der Waals surface area contributed by atoms with Crippen LogP contribution in [0.25, 0.3) is 5.82 Å². The van der Waals surface area contributed by atoms with E-state index in [1.54, 1.807) is 22.0 Å². The van der Waals surface area contributed by atoms with Gasteiger partial charge in [-0.05, 0) is 36.6 Å². The van der Waals surface area contributed by atoms with E-state index < -0.39 is 0 Å². The lowest BCUT2D eigenvalue weighted by Gasteiger charge is -2.22. The lowest BCUT2D eigenvalue weighted by atomic mass is 10.2. The van der Waals surface area contributed by atoms with E-state index in [1.807, 2.05) is 24.4 Å². The average Bonchev–Trinajstić information content (AvgIpc) is 3.23. The molecule has 0 spiro atoms. The quantitative estimate of drug-likeness (QED) is 0.909. The van der Waals surface area contributed by atoms with Gasteiger partial charge in [0.2, 0.25) is 11.8 Å². The Labute approximate surface area is 134 Å². The van der Waals surface area contributed by atoms with E-state index in [0.29, 0.717) is 18.9 Å². The molecule has 0 unspecified atom stereocenters. The Morgan fingerprint density at radius 2 is 2.26 bits per heavy atom. The summed E-state index contributed by atoms with van der Waals surface area (Å²) in [4.78, 5) is 29.7. The fraction of sp³-hybridized carbons (Fsp3) is 0.375. The Kier molecular flexibility index (Phi) is 4.36. The molecule has 23 heavy (non-hydrogen) atoms. The summed E-state index contributed by atoms with van der Waals surface area (Å²) in [6, 6.07) is 5.21. The van der Waals surface area contributed by atoms with Crippen molar-refractivity contribution in [1.82, 2.24) is 25.0 Å². The van der Waals surface area contributed by atoms with E-state index in [2.05, 4.69) is 15.4 Å². The second-order valence-corrected chi connectivity index (χ2v) is 5.56. The molecule has 1 atom stereocenters. The van der Waals surface area contributed by atoms with Gasteiger partial charge in [-0.1, -0.05) is 0 Å². The maximum atomic E-state index is 12.3. The van der Waals surface area contributed by atoms with Crippen LogP contribution in [0.4, 0.5) is 0 Å². The van der Waals surface area contributed by atoms with Crippen LogP contribution < -0.4 is 5.32 Å². The lowest BCUT2D eigenvalue weighted by molar-refractivity contribution is -0.136. The summed E-state index contributed by atoms with van der Waals surface area (Å²) in [5.41, 5.74) is 0.936. The topological polar surface area (TPSA) is 80.1 Å². The molecule has 7 heteroatoms. The van der Waals surface area contributed by atoms with E-state index in [9.17, 15) is 9.59 Å². The molecule has 1 aliphatic rings. The van der Waals surface area contributed by atoms with Crippen molar-refractivity contribution in [3.05, 3.63) is 42.4 Å². The van der Waals surface area contributed by atoms with Crippen molar-refractivity contribution in [2.45, 2.75) is 32.4 Å². The highest BCUT2D eigenvalue weighted by Gasteiger charge is 2.31. The van der Waals surface area contributed by atoms with Gasteiger partial charge < -0.3 is 10.2 Å². The Morgan fingerprint density at radius 1 is 1.39 bits per heavy atom. The van der Waals surface area contributed by atoms with E-state index in [0.717, 1.165) is 18.4 Å². The van der Waals surface area contributed by atoms with Crippen LogP contribution in [-0.2, 0) is 16.1 Å². The van der Waals surface area contributed by atoms with E-state index >= 15 is 0 Å². The number of amides is 2. The first-order valence-corrected chi connectivity index (χ1v) is 7.65. The zero-order chi connectivity index (χ0) is 16.2. The number of pyridine rings is 1. The highest BCUT2D eigenvalue weighted by molar-refractivity contribution is 5.87. The van der Waals surface area contributed by atoms with Crippen molar-refractivity contribution < 1.29 is 9.59 Å². The molecule has 1 fully saturated rings. The highest BCUT2D eigenvalue weighted by Crippen LogP contribution is 2.17. The maximum absolute atomic E-state index is 12.3. The van der Waals surface area contributed by atoms with Crippen molar-refractivity contribution in [3.8, 4) is 5.82 Å². The largest absolute Gasteiger partial charge is 0.350 e. The minimum absolute atomic E-state index is 0.0486. The Hall–Kier alpha value is -2.70. The molecule has 1 aliphatic heterocycles. The fourth-order valence-corrected chi connectivity index (χ4v) is 2.82. The van der Waals surface area contributed by atoms with Crippen LogP contribution in [0.3, 0.4) is 0 Å². The fourth-order valence-electron chi connectivity index (χ4n) is 2.82. The number of likely N-dealkylation sites (tertiary alicyclic amines) is 1. The molecule has 0 aromatic carbocycles. The smallest absolute Gasteiger partial charge is 0.243 e. The summed E-state index contributed by atoms with van der Waals surface area (Å²) >= 11 is 0. The summed E-state index contributed by atoms with van der Waals surface area (Å²) in [7, 11) is 0. The van der Waals surface area contributed by atoms with E-state index in [1.165, 1.54) is 6.92 Å². The molecular weight excluding hydrogens is 294 g/mol. The third-order valence-electron chi connectivity index (χ3n) is 3.98. The molecule has 3 rings (SSSR count). The first-order chi connectivity index (χ1) is 11.1. The van der Waals surface area contributed by atoms with Crippen molar-refractivity contribution in [3.63, 3.8) is 0 Å². The number of hydrogen-bond acceptors (Lipinski definition) is 4. The van der Waals surface area contributed by atoms with Crippen molar-refractivity contribution in [2.24, 2.45) is 0 Å². The minimum atomic E-state index is -0.347.